The summed E-state index contributed by atoms with van der Waals surface area (Å²) in [6, 6.07) is 43.5. The number of phenols is 2. The summed E-state index contributed by atoms with van der Waals surface area (Å²) < 4.78 is 10.7. The van der Waals surface area contributed by atoms with Crippen LogP contribution in [0.25, 0.3) is 54.6 Å². The van der Waals surface area contributed by atoms with Gasteiger partial charge in [-0.25, -0.2) is 0 Å². The van der Waals surface area contributed by atoms with Crippen molar-refractivity contribution in [2.24, 2.45) is 0 Å². The zero-order valence-corrected chi connectivity index (χ0v) is 23.4. The first-order valence-corrected chi connectivity index (χ1v) is 13.7. The first-order valence-electron chi connectivity index (χ1n) is 13.7. The Morgan fingerprint density at radius 1 is 0.381 bits per heavy atom. The Hall–Kier alpha value is -5.48. The number of phenolic OH excluding ortho intramolecular Hbond substituents is 2. The molecule has 0 aromatic heterocycles. The lowest BCUT2D eigenvalue weighted by atomic mass is 9.94. The molecule has 0 aliphatic rings. The van der Waals surface area contributed by atoms with Crippen molar-refractivity contribution in [1.29, 1.82) is 0 Å². The van der Waals surface area contributed by atoms with E-state index < -0.39 is 0 Å². The van der Waals surface area contributed by atoms with E-state index in [1.54, 1.807) is 38.5 Å². The molecule has 0 aliphatic heterocycles. The third-order valence-corrected chi connectivity index (χ3v) is 7.49. The molecule has 0 atom stereocenters. The van der Waals surface area contributed by atoms with Crippen LogP contribution >= 0.6 is 0 Å². The fraction of sp³-hybridized carbons (Fsp3) is 0.0526. The molecule has 4 nitrogen and oxygen atoms in total. The van der Waals surface area contributed by atoms with E-state index >= 15 is 0 Å². The summed E-state index contributed by atoms with van der Waals surface area (Å²) in [4.78, 5) is 0. The molecule has 206 valence electrons. The smallest absolute Gasteiger partial charge is 0.119 e. The normalized spacial score (nSPS) is 10.8. The van der Waals surface area contributed by atoms with Gasteiger partial charge in [0.05, 0.1) is 14.2 Å². The van der Waals surface area contributed by atoms with Crippen molar-refractivity contribution < 1.29 is 19.7 Å². The molecule has 42 heavy (non-hydrogen) atoms. The topological polar surface area (TPSA) is 58.9 Å². The minimum Gasteiger partial charge on any atom is -0.508 e. The fourth-order valence-electron chi connectivity index (χ4n) is 5.50. The van der Waals surface area contributed by atoms with Gasteiger partial charge in [-0.3, -0.25) is 0 Å². The van der Waals surface area contributed by atoms with Crippen molar-refractivity contribution in [2.75, 3.05) is 14.2 Å². The second-order valence-electron chi connectivity index (χ2n) is 10.0. The van der Waals surface area contributed by atoms with Crippen LogP contribution in [0.2, 0.25) is 0 Å². The summed E-state index contributed by atoms with van der Waals surface area (Å²) in [5.41, 5.74) is 4.62. The van der Waals surface area contributed by atoms with Crippen LogP contribution in [0.3, 0.4) is 0 Å². The molecule has 0 bridgehead atoms. The lowest BCUT2D eigenvalue weighted by Gasteiger charge is -2.12. The van der Waals surface area contributed by atoms with Gasteiger partial charge in [0.15, 0.2) is 0 Å². The van der Waals surface area contributed by atoms with Crippen LogP contribution in [0.15, 0.2) is 133 Å². The van der Waals surface area contributed by atoms with Gasteiger partial charge in [0.1, 0.15) is 23.0 Å². The monoisotopic (exact) mass is 550 g/mol. The average Bonchev–Trinajstić information content (AvgIpc) is 3.05. The summed E-state index contributed by atoms with van der Waals surface area (Å²) in [5, 5.41) is 25.9. The molecular weight excluding hydrogens is 520 g/mol. The molecular formula is C38H30O4. The van der Waals surface area contributed by atoms with Crippen molar-refractivity contribution in [1.82, 2.24) is 0 Å². The zero-order valence-electron chi connectivity index (χ0n) is 23.4. The molecule has 0 amide bonds. The molecule has 0 spiro atoms. The van der Waals surface area contributed by atoms with E-state index in [0.29, 0.717) is 0 Å². The van der Waals surface area contributed by atoms with E-state index in [1.165, 1.54) is 11.1 Å². The zero-order chi connectivity index (χ0) is 29.1. The van der Waals surface area contributed by atoms with Crippen LogP contribution < -0.4 is 9.47 Å². The van der Waals surface area contributed by atoms with E-state index in [9.17, 15) is 10.2 Å². The Morgan fingerprint density at radius 2 is 0.786 bits per heavy atom. The van der Waals surface area contributed by atoms with Gasteiger partial charge in [-0.2, -0.15) is 0 Å². The third-order valence-electron chi connectivity index (χ3n) is 7.49. The van der Waals surface area contributed by atoms with Crippen LogP contribution in [0.4, 0.5) is 0 Å². The van der Waals surface area contributed by atoms with Gasteiger partial charge in [0.25, 0.3) is 0 Å². The maximum atomic E-state index is 9.77. The first-order chi connectivity index (χ1) is 20.6. The molecule has 0 saturated heterocycles. The Balaban J connectivity index is 0.000000151. The Bertz CT molecular complexity index is 1880. The predicted octanol–water partition coefficient (Wildman–Crippen LogP) is 9.60. The van der Waals surface area contributed by atoms with Gasteiger partial charge in [-0.1, -0.05) is 84.9 Å². The highest BCUT2D eigenvalue weighted by atomic mass is 16.5. The number of fused-ring (bicyclic) bond motifs is 6. The van der Waals surface area contributed by atoms with Crippen LogP contribution in [-0.4, -0.2) is 24.4 Å². The van der Waals surface area contributed by atoms with Gasteiger partial charge in [0.2, 0.25) is 0 Å². The number of hydrogen-bond donors (Lipinski definition) is 2. The highest BCUT2D eigenvalue weighted by Gasteiger charge is 2.10. The van der Waals surface area contributed by atoms with Crippen LogP contribution in [0, 0.1) is 0 Å². The molecule has 7 aromatic rings. The first kappa shape index (κ1) is 26.7. The van der Waals surface area contributed by atoms with Gasteiger partial charge in [-0.05, 0) is 103 Å². The van der Waals surface area contributed by atoms with Crippen molar-refractivity contribution in [2.45, 2.75) is 0 Å². The molecule has 7 rings (SSSR count). The molecule has 7 aromatic carbocycles. The van der Waals surface area contributed by atoms with Crippen molar-refractivity contribution in [3.63, 3.8) is 0 Å². The van der Waals surface area contributed by atoms with Crippen LogP contribution in [0.1, 0.15) is 0 Å². The third kappa shape index (κ3) is 5.18. The van der Waals surface area contributed by atoms with Gasteiger partial charge < -0.3 is 19.7 Å². The number of aromatic hydroxyl groups is 2. The quantitative estimate of drug-likeness (QED) is 0.214. The average molecular weight is 551 g/mol. The predicted molar refractivity (Wildman–Crippen MR) is 173 cm³/mol. The van der Waals surface area contributed by atoms with Gasteiger partial charge in [0, 0.05) is 0 Å². The Morgan fingerprint density at radius 3 is 1.21 bits per heavy atom. The number of hydrogen-bond acceptors (Lipinski definition) is 4. The molecule has 0 aliphatic carbocycles. The van der Waals surface area contributed by atoms with E-state index in [4.69, 9.17) is 9.47 Å². The van der Waals surface area contributed by atoms with Crippen molar-refractivity contribution in [3.05, 3.63) is 133 Å². The van der Waals surface area contributed by atoms with Gasteiger partial charge in [-0.15, -0.1) is 0 Å². The van der Waals surface area contributed by atoms with E-state index in [0.717, 1.165) is 54.9 Å². The van der Waals surface area contributed by atoms with Crippen molar-refractivity contribution in [3.8, 4) is 45.3 Å². The Kier molecular flexibility index (Phi) is 7.35. The molecule has 4 heteroatoms. The number of ether oxygens (including phenoxy) is 2. The van der Waals surface area contributed by atoms with E-state index in [1.807, 2.05) is 60.7 Å². The van der Waals surface area contributed by atoms with E-state index in [-0.39, 0.29) is 11.5 Å². The molecule has 0 radical (unpaired) electrons. The lowest BCUT2D eigenvalue weighted by Crippen LogP contribution is -1.88. The SMILES string of the molecule is COc1cccc(-c2ccccc2-c2cccc(OC)c2)c1.Oc1ccc2c3ccc(O)cc3c3ccccc3c2c1. The van der Waals surface area contributed by atoms with E-state index in [2.05, 4.69) is 48.5 Å². The largest absolute Gasteiger partial charge is 0.508 e. The second-order valence-corrected chi connectivity index (χ2v) is 10.0. The highest BCUT2D eigenvalue weighted by molar-refractivity contribution is 6.25. The van der Waals surface area contributed by atoms with Crippen LogP contribution in [-0.2, 0) is 0 Å². The maximum absolute atomic E-state index is 9.77. The number of rotatable bonds is 4. The van der Waals surface area contributed by atoms with Gasteiger partial charge >= 0.3 is 0 Å². The van der Waals surface area contributed by atoms with Crippen LogP contribution in [0.5, 0.6) is 23.0 Å². The standard InChI is InChI=1S/C20H18O2.C18H12O2/c1-21-17-9-5-7-15(13-17)19-11-3-4-12-20(19)16-8-6-10-18(14-16)22-2;19-11-5-7-15-16-8-6-12(20)10-18(16)14-4-2-1-3-13(14)17(15)9-11/h3-14H,1-2H3;1-10,19-20H. The summed E-state index contributed by atoms with van der Waals surface area (Å²) in [6.45, 7) is 0. The molecule has 0 saturated carbocycles. The minimum absolute atomic E-state index is 0.265. The minimum atomic E-state index is 0.265. The summed E-state index contributed by atoms with van der Waals surface area (Å²) >= 11 is 0. The summed E-state index contributed by atoms with van der Waals surface area (Å²) in [7, 11) is 3.38. The lowest BCUT2D eigenvalue weighted by molar-refractivity contribution is 0.415. The second kappa shape index (κ2) is 11.6. The van der Waals surface area contributed by atoms with Crippen molar-refractivity contribution >= 4 is 32.3 Å². The molecule has 2 N–H and O–H groups in total. The molecule has 0 fully saturated rings. The Labute approximate surface area is 244 Å². The fourth-order valence-corrected chi connectivity index (χ4v) is 5.50. The maximum Gasteiger partial charge on any atom is 0.119 e. The number of benzene rings is 7. The molecule has 0 unspecified atom stereocenters. The summed E-state index contributed by atoms with van der Waals surface area (Å²) in [5.74, 6) is 2.25. The summed E-state index contributed by atoms with van der Waals surface area (Å²) in [6.07, 6.45) is 0. The highest BCUT2D eigenvalue weighted by Crippen LogP contribution is 2.38. The number of methoxy groups -OCH3 is 2. The molecule has 0 heterocycles.